The first kappa shape index (κ1) is 23.8. The summed E-state index contributed by atoms with van der Waals surface area (Å²) in [6.45, 7) is 9.42. The van der Waals surface area contributed by atoms with Crippen molar-refractivity contribution in [2.24, 2.45) is 0 Å². The third-order valence-electron chi connectivity index (χ3n) is 5.02. The Morgan fingerprint density at radius 1 is 1.20 bits per heavy atom. The van der Waals surface area contributed by atoms with Crippen molar-refractivity contribution in [1.82, 2.24) is 9.47 Å². The molecule has 0 fully saturated rings. The van der Waals surface area contributed by atoms with E-state index in [-0.39, 0.29) is 18.2 Å². The molecule has 7 nitrogen and oxygen atoms in total. The SMILES string of the molecule is CCOCCCN(CC(=O)c1c(C)c(C(=O)OC)n(CC)c1C)C(=O)c1cccs1. The van der Waals surface area contributed by atoms with Crippen LogP contribution in [0.4, 0.5) is 0 Å². The summed E-state index contributed by atoms with van der Waals surface area (Å²) in [6.07, 6.45) is 0.638. The molecular weight excluding hydrogens is 404 g/mol. The van der Waals surface area contributed by atoms with Crippen LogP contribution in [0.15, 0.2) is 17.5 Å². The van der Waals surface area contributed by atoms with E-state index in [0.29, 0.717) is 60.1 Å². The van der Waals surface area contributed by atoms with Gasteiger partial charge in [-0.3, -0.25) is 9.59 Å². The number of carbonyl (C=O) groups is 3. The lowest BCUT2D eigenvalue weighted by Crippen LogP contribution is -2.37. The molecule has 2 aromatic rings. The number of hydrogen-bond acceptors (Lipinski definition) is 6. The Balaban J connectivity index is 2.31. The number of amides is 1. The summed E-state index contributed by atoms with van der Waals surface area (Å²) >= 11 is 1.35. The summed E-state index contributed by atoms with van der Waals surface area (Å²) < 4.78 is 12.1. The fourth-order valence-electron chi connectivity index (χ4n) is 3.62. The zero-order valence-electron chi connectivity index (χ0n) is 18.3. The van der Waals surface area contributed by atoms with Crippen LogP contribution in [0.5, 0.6) is 0 Å². The smallest absolute Gasteiger partial charge is 0.354 e. The fraction of sp³-hybridized carbons (Fsp3) is 0.500. The predicted octanol–water partition coefficient (Wildman–Crippen LogP) is 3.72. The van der Waals surface area contributed by atoms with Gasteiger partial charge in [0.15, 0.2) is 5.78 Å². The second-order valence-corrected chi connectivity index (χ2v) is 7.80. The highest BCUT2D eigenvalue weighted by atomic mass is 32.1. The van der Waals surface area contributed by atoms with Gasteiger partial charge in [-0.15, -0.1) is 11.3 Å². The maximum absolute atomic E-state index is 13.3. The number of methoxy groups -OCH3 is 1. The molecule has 0 spiro atoms. The van der Waals surface area contributed by atoms with Crippen molar-refractivity contribution in [1.29, 1.82) is 0 Å². The Bertz CT molecular complexity index is 886. The lowest BCUT2D eigenvalue weighted by molar-refractivity contribution is 0.0587. The molecule has 0 saturated carbocycles. The number of rotatable bonds is 11. The normalized spacial score (nSPS) is 10.8. The van der Waals surface area contributed by atoms with Crippen molar-refractivity contribution in [3.05, 3.63) is 44.9 Å². The second kappa shape index (κ2) is 11.1. The standard InChI is InChI=1S/C22H30N2O5S/c1-6-24-16(4)19(15(3)20(24)22(27)28-5)17(25)14-23(11-9-12-29-7-2)21(26)18-10-8-13-30-18/h8,10,13H,6-7,9,11-12,14H2,1-5H3. The fourth-order valence-corrected chi connectivity index (χ4v) is 4.31. The topological polar surface area (TPSA) is 77.8 Å². The van der Waals surface area contributed by atoms with Crippen LogP contribution in [-0.4, -0.2) is 60.5 Å². The summed E-state index contributed by atoms with van der Waals surface area (Å²) in [5.41, 5.74) is 2.15. The molecule has 0 aromatic carbocycles. The molecule has 0 unspecified atom stereocenters. The Kier molecular flexibility index (Phi) is 8.80. The largest absolute Gasteiger partial charge is 0.464 e. The number of Topliss-reactive ketones (excluding diaryl/α,β-unsaturated/α-hetero) is 1. The molecule has 0 N–H and O–H groups in total. The predicted molar refractivity (Wildman–Crippen MR) is 117 cm³/mol. The zero-order chi connectivity index (χ0) is 22.3. The number of nitrogens with zero attached hydrogens (tertiary/aromatic N) is 2. The second-order valence-electron chi connectivity index (χ2n) is 6.85. The summed E-state index contributed by atoms with van der Waals surface area (Å²) in [7, 11) is 1.32. The first-order valence-corrected chi connectivity index (χ1v) is 11.0. The van der Waals surface area contributed by atoms with Gasteiger partial charge in [0.2, 0.25) is 0 Å². The quantitative estimate of drug-likeness (QED) is 0.306. The van der Waals surface area contributed by atoms with Crippen LogP contribution in [0.1, 0.15) is 62.0 Å². The first-order valence-electron chi connectivity index (χ1n) is 10.1. The average Bonchev–Trinajstić information content (AvgIpc) is 3.35. The van der Waals surface area contributed by atoms with Crippen molar-refractivity contribution in [2.45, 2.75) is 40.7 Å². The Morgan fingerprint density at radius 3 is 2.50 bits per heavy atom. The van der Waals surface area contributed by atoms with Crippen molar-refractivity contribution in [3.8, 4) is 0 Å². The van der Waals surface area contributed by atoms with E-state index in [2.05, 4.69) is 0 Å². The van der Waals surface area contributed by atoms with Crippen LogP contribution in [0, 0.1) is 13.8 Å². The van der Waals surface area contributed by atoms with Gasteiger partial charge >= 0.3 is 5.97 Å². The Labute approximate surface area is 181 Å². The molecule has 8 heteroatoms. The number of hydrogen-bond donors (Lipinski definition) is 0. The van der Waals surface area contributed by atoms with Crippen molar-refractivity contribution in [2.75, 3.05) is 33.4 Å². The van der Waals surface area contributed by atoms with Gasteiger partial charge < -0.3 is 18.9 Å². The molecule has 2 aromatic heterocycles. The minimum Gasteiger partial charge on any atom is -0.464 e. The lowest BCUT2D eigenvalue weighted by atomic mass is 10.0. The van der Waals surface area contributed by atoms with Gasteiger partial charge in [-0.25, -0.2) is 4.79 Å². The summed E-state index contributed by atoms with van der Waals surface area (Å²) in [5.74, 6) is -0.836. The molecule has 30 heavy (non-hydrogen) atoms. The highest BCUT2D eigenvalue weighted by Crippen LogP contribution is 2.24. The van der Waals surface area contributed by atoms with Crippen LogP contribution in [-0.2, 0) is 16.0 Å². The number of esters is 1. The molecule has 0 saturated heterocycles. The molecule has 0 aliphatic rings. The summed E-state index contributed by atoms with van der Waals surface area (Å²) in [4.78, 5) is 40.6. The summed E-state index contributed by atoms with van der Waals surface area (Å²) in [6, 6.07) is 3.57. The van der Waals surface area contributed by atoms with E-state index in [1.54, 1.807) is 22.5 Å². The van der Waals surface area contributed by atoms with Crippen LogP contribution >= 0.6 is 11.3 Å². The lowest BCUT2D eigenvalue weighted by Gasteiger charge is -2.21. The number of thiophene rings is 1. The molecule has 0 radical (unpaired) electrons. The van der Waals surface area contributed by atoms with E-state index in [9.17, 15) is 14.4 Å². The van der Waals surface area contributed by atoms with Crippen LogP contribution in [0.3, 0.4) is 0 Å². The van der Waals surface area contributed by atoms with Gasteiger partial charge in [0.1, 0.15) is 5.69 Å². The Morgan fingerprint density at radius 2 is 1.93 bits per heavy atom. The first-order chi connectivity index (χ1) is 14.4. The molecule has 1 amide bonds. The Hall–Kier alpha value is -2.45. The van der Waals surface area contributed by atoms with Gasteiger partial charge in [-0.2, -0.15) is 0 Å². The van der Waals surface area contributed by atoms with Gasteiger partial charge in [-0.1, -0.05) is 6.07 Å². The molecular formula is C22H30N2O5S. The molecule has 0 aliphatic carbocycles. The zero-order valence-corrected chi connectivity index (χ0v) is 19.1. The van der Waals surface area contributed by atoms with Gasteiger partial charge in [0.25, 0.3) is 5.91 Å². The minimum absolute atomic E-state index is 0.0567. The van der Waals surface area contributed by atoms with Crippen LogP contribution < -0.4 is 0 Å². The van der Waals surface area contributed by atoms with Gasteiger partial charge in [-0.05, 0) is 51.1 Å². The van der Waals surface area contributed by atoms with Gasteiger partial charge in [0.05, 0.1) is 18.5 Å². The highest BCUT2D eigenvalue weighted by Gasteiger charge is 2.28. The van der Waals surface area contributed by atoms with Crippen molar-refractivity contribution >= 4 is 29.0 Å². The third-order valence-corrected chi connectivity index (χ3v) is 5.87. The van der Waals surface area contributed by atoms with E-state index in [1.807, 2.05) is 32.2 Å². The maximum Gasteiger partial charge on any atom is 0.354 e. The van der Waals surface area contributed by atoms with Crippen LogP contribution in [0.2, 0.25) is 0 Å². The summed E-state index contributed by atoms with van der Waals surface area (Å²) in [5, 5.41) is 1.84. The number of ketones is 1. The molecule has 0 atom stereocenters. The molecule has 164 valence electrons. The van der Waals surface area contributed by atoms with E-state index in [0.717, 1.165) is 0 Å². The number of ether oxygens (including phenoxy) is 2. The van der Waals surface area contributed by atoms with Gasteiger partial charge in [0, 0.05) is 37.6 Å². The molecule has 2 rings (SSSR count). The third kappa shape index (κ3) is 5.17. The van der Waals surface area contributed by atoms with E-state index < -0.39 is 5.97 Å². The van der Waals surface area contributed by atoms with Crippen molar-refractivity contribution in [3.63, 3.8) is 0 Å². The highest BCUT2D eigenvalue weighted by molar-refractivity contribution is 7.12. The van der Waals surface area contributed by atoms with E-state index in [1.165, 1.54) is 18.4 Å². The van der Waals surface area contributed by atoms with Crippen LogP contribution in [0.25, 0.3) is 0 Å². The molecule has 0 bridgehead atoms. The number of aromatic nitrogens is 1. The van der Waals surface area contributed by atoms with E-state index >= 15 is 0 Å². The van der Waals surface area contributed by atoms with E-state index in [4.69, 9.17) is 9.47 Å². The number of carbonyl (C=O) groups excluding carboxylic acids is 3. The average molecular weight is 435 g/mol. The monoisotopic (exact) mass is 434 g/mol. The minimum atomic E-state index is -0.472. The maximum atomic E-state index is 13.3. The van der Waals surface area contributed by atoms with Crippen molar-refractivity contribution < 1.29 is 23.9 Å². The molecule has 2 heterocycles. The molecule has 0 aliphatic heterocycles.